The van der Waals surface area contributed by atoms with Crippen LogP contribution in [0.4, 0.5) is 0 Å². The molecule has 0 saturated carbocycles. The second kappa shape index (κ2) is 24.5. The Balaban J connectivity index is 1.14. The van der Waals surface area contributed by atoms with E-state index in [9.17, 15) is 9.90 Å². The molecular formula is C48H70N2O4. The Kier molecular flexibility index (Phi) is 19.1. The van der Waals surface area contributed by atoms with E-state index in [0.717, 1.165) is 54.7 Å². The highest BCUT2D eigenvalue weighted by molar-refractivity contribution is 5.75. The van der Waals surface area contributed by atoms with Crippen molar-refractivity contribution in [1.82, 2.24) is 10.2 Å². The van der Waals surface area contributed by atoms with E-state index in [4.69, 9.17) is 9.47 Å². The number of hydrogen-bond acceptors (Lipinski definition) is 5. The third-order valence-corrected chi connectivity index (χ3v) is 11.6. The standard InChI is InChI=1S/C48H70N2O4/c1-2-3-4-5-6-7-8-9-10-11-12-14-20-25-45(52)49-36-39-26-32-43(33-27-39)48-53-44(37-50-34-21-15-13-16-22-35-50)46(41-23-18-17-19-24-41)47(54-48)42-30-28-40(38-51)29-31-42/h17-19,23-24,26-33,44,46-48,51H,2-16,20-22,25,34-38H2,1H3,(H,49,52). The molecule has 4 unspecified atom stereocenters. The summed E-state index contributed by atoms with van der Waals surface area (Å²) in [6.07, 6.45) is 23.2. The molecule has 2 heterocycles. The molecule has 3 aromatic carbocycles. The Morgan fingerprint density at radius 1 is 0.648 bits per heavy atom. The summed E-state index contributed by atoms with van der Waals surface area (Å²) >= 11 is 0. The third kappa shape index (κ3) is 14.2. The summed E-state index contributed by atoms with van der Waals surface area (Å²) in [4.78, 5) is 15.3. The van der Waals surface area contributed by atoms with Crippen molar-refractivity contribution in [3.05, 3.63) is 107 Å². The highest BCUT2D eigenvalue weighted by Crippen LogP contribution is 2.47. The zero-order valence-electron chi connectivity index (χ0n) is 33.4. The van der Waals surface area contributed by atoms with Gasteiger partial charge in [-0.25, -0.2) is 0 Å². The number of unbranched alkanes of at least 4 members (excludes halogenated alkanes) is 12. The topological polar surface area (TPSA) is 71.0 Å². The Hall–Kier alpha value is -3.03. The van der Waals surface area contributed by atoms with E-state index < -0.39 is 6.29 Å². The number of aliphatic hydroxyl groups excluding tert-OH is 1. The van der Waals surface area contributed by atoms with Crippen molar-refractivity contribution in [1.29, 1.82) is 0 Å². The van der Waals surface area contributed by atoms with Crippen LogP contribution in [0, 0.1) is 0 Å². The molecule has 54 heavy (non-hydrogen) atoms. The van der Waals surface area contributed by atoms with Gasteiger partial charge < -0.3 is 24.8 Å². The fourth-order valence-electron chi connectivity index (χ4n) is 8.30. The van der Waals surface area contributed by atoms with Gasteiger partial charge in [0.15, 0.2) is 6.29 Å². The van der Waals surface area contributed by atoms with Crippen LogP contribution in [-0.4, -0.2) is 41.7 Å². The van der Waals surface area contributed by atoms with Crippen LogP contribution in [-0.2, 0) is 27.4 Å². The first-order chi connectivity index (χ1) is 26.6. The SMILES string of the molecule is CCCCCCCCCCCCCCCC(=O)NCc1ccc(C2OC(CN3CCCCCCC3)C(c3ccccc3)C(c3ccc(CO)cc3)O2)cc1. The molecule has 0 spiro atoms. The number of hydrogen-bond donors (Lipinski definition) is 2. The summed E-state index contributed by atoms with van der Waals surface area (Å²) in [6.45, 7) is 5.87. The average Bonchev–Trinajstić information content (AvgIpc) is 3.20. The molecule has 3 aromatic rings. The number of nitrogens with one attached hydrogen (secondary N) is 1. The van der Waals surface area contributed by atoms with Crippen LogP contribution in [0.2, 0.25) is 0 Å². The molecule has 0 radical (unpaired) electrons. The first-order valence-electron chi connectivity index (χ1n) is 21.8. The lowest BCUT2D eigenvalue weighted by atomic mass is 9.83. The molecule has 0 aromatic heterocycles. The summed E-state index contributed by atoms with van der Waals surface area (Å²) < 4.78 is 13.9. The van der Waals surface area contributed by atoms with E-state index in [1.54, 1.807) is 0 Å². The zero-order chi connectivity index (χ0) is 37.6. The molecule has 1 amide bonds. The second-order valence-electron chi connectivity index (χ2n) is 16.0. The minimum Gasteiger partial charge on any atom is -0.392 e. The molecule has 296 valence electrons. The number of carbonyl (C=O) groups is 1. The minimum absolute atomic E-state index is 0.0113. The van der Waals surface area contributed by atoms with Gasteiger partial charge in [0.1, 0.15) is 0 Å². The van der Waals surface area contributed by atoms with Crippen LogP contribution in [0.1, 0.15) is 175 Å². The van der Waals surface area contributed by atoms with Gasteiger partial charge in [-0.05, 0) is 54.6 Å². The number of rotatable bonds is 22. The fraction of sp³-hybridized carbons (Fsp3) is 0.604. The van der Waals surface area contributed by atoms with Gasteiger partial charge in [0.2, 0.25) is 5.91 Å². The molecule has 0 aliphatic carbocycles. The number of benzene rings is 3. The van der Waals surface area contributed by atoms with Gasteiger partial charge in [0, 0.05) is 31.0 Å². The summed E-state index contributed by atoms with van der Waals surface area (Å²) in [5.41, 5.74) is 5.26. The van der Waals surface area contributed by atoms with Crippen LogP contribution in [0.25, 0.3) is 0 Å². The summed E-state index contributed by atoms with van der Waals surface area (Å²) in [5, 5.41) is 12.9. The Labute approximate surface area is 327 Å². The number of aliphatic hydroxyl groups is 1. The predicted octanol–water partition coefficient (Wildman–Crippen LogP) is 11.5. The van der Waals surface area contributed by atoms with Crippen LogP contribution < -0.4 is 5.32 Å². The van der Waals surface area contributed by atoms with Crippen molar-refractivity contribution in [3.63, 3.8) is 0 Å². The van der Waals surface area contributed by atoms with E-state index in [-0.39, 0.29) is 30.6 Å². The maximum atomic E-state index is 12.7. The molecule has 6 heteroatoms. The van der Waals surface area contributed by atoms with Crippen LogP contribution in [0.3, 0.4) is 0 Å². The van der Waals surface area contributed by atoms with E-state index in [1.165, 1.54) is 108 Å². The number of nitrogens with zero attached hydrogens (tertiary/aromatic N) is 1. The van der Waals surface area contributed by atoms with Gasteiger partial charge in [-0.1, -0.05) is 182 Å². The van der Waals surface area contributed by atoms with E-state index in [1.807, 2.05) is 12.1 Å². The monoisotopic (exact) mass is 739 g/mol. The number of amides is 1. The second-order valence-corrected chi connectivity index (χ2v) is 16.0. The summed E-state index contributed by atoms with van der Waals surface area (Å²) in [6, 6.07) is 27.3. The van der Waals surface area contributed by atoms with Gasteiger partial charge in [-0.3, -0.25) is 4.79 Å². The van der Waals surface area contributed by atoms with Crippen LogP contribution in [0.15, 0.2) is 78.9 Å². The maximum Gasteiger partial charge on any atom is 0.220 e. The lowest BCUT2D eigenvalue weighted by molar-refractivity contribution is -0.263. The Morgan fingerprint density at radius 2 is 1.20 bits per heavy atom. The third-order valence-electron chi connectivity index (χ3n) is 11.6. The van der Waals surface area contributed by atoms with E-state index in [0.29, 0.717) is 13.0 Å². The molecule has 6 nitrogen and oxygen atoms in total. The lowest BCUT2D eigenvalue weighted by Crippen LogP contribution is -2.45. The highest BCUT2D eigenvalue weighted by Gasteiger charge is 2.42. The van der Waals surface area contributed by atoms with Crippen molar-refractivity contribution < 1.29 is 19.4 Å². The van der Waals surface area contributed by atoms with E-state index in [2.05, 4.69) is 83.9 Å². The summed E-state index contributed by atoms with van der Waals surface area (Å²) in [5.74, 6) is 0.146. The van der Waals surface area contributed by atoms with Gasteiger partial charge in [0.25, 0.3) is 0 Å². The summed E-state index contributed by atoms with van der Waals surface area (Å²) in [7, 11) is 0. The molecule has 0 bridgehead atoms. The first kappa shape index (κ1) is 42.1. The van der Waals surface area contributed by atoms with Gasteiger partial charge in [0.05, 0.1) is 18.8 Å². The normalized spacial score (nSPS) is 21.0. The minimum atomic E-state index is -0.522. The van der Waals surface area contributed by atoms with Crippen molar-refractivity contribution >= 4 is 5.91 Å². The van der Waals surface area contributed by atoms with Crippen molar-refractivity contribution in [2.75, 3.05) is 19.6 Å². The fourth-order valence-corrected chi connectivity index (χ4v) is 8.30. The number of likely N-dealkylation sites (tertiary alicyclic amines) is 1. The molecule has 2 fully saturated rings. The molecule has 2 aliphatic rings. The smallest absolute Gasteiger partial charge is 0.220 e. The first-order valence-corrected chi connectivity index (χ1v) is 21.8. The number of carbonyl (C=O) groups excluding carboxylic acids is 1. The lowest BCUT2D eigenvalue weighted by Gasteiger charge is -2.44. The molecule has 5 rings (SSSR count). The van der Waals surface area contributed by atoms with E-state index >= 15 is 0 Å². The highest BCUT2D eigenvalue weighted by atomic mass is 16.7. The molecule has 4 atom stereocenters. The predicted molar refractivity (Wildman–Crippen MR) is 221 cm³/mol. The molecule has 2 saturated heterocycles. The average molecular weight is 739 g/mol. The maximum absolute atomic E-state index is 12.7. The molecule has 2 N–H and O–H groups in total. The van der Waals surface area contributed by atoms with Gasteiger partial charge >= 0.3 is 0 Å². The quantitative estimate of drug-likeness (QED) is 0.100. The number of ether oxygens (including phenoxy) is 2. The van der Waals surface area contributed by atoms with Crippen molar-refractivity contribution in [2.45, 2.75) is 166 Å². The molecule has 2 aliphatic heterocycles. The zero-order valence-corrected chi connectivity index (χ0v) is 33.4. The van der Waals surface area contributed by atoms with Crippen LogP contribution in [0.5, 0.6) is 0 Å². The van der Waals surface area contributed by atoms with Crippen molar-refractivity contribution in [2.24, 2.45) is 0 Å². The van der Waals surface area contributed by atoms with Gasteiger partial charge in [-0.2, -0.15) is 0 Å². The largest absolute Gasteiger partial charge is 0.392 e. The van der Waals surface area contributed by atoms with Crippen LogP contribution >= 0.6 is 0 Å². The van der Waals surface area contributed by atoms with Crippen molar-refractivity contribution in [3.8, 4) is 0 Å². The Morgan fingerprint density at radius 3 is 1.81 bits per heavy atom. The molecular weight excluding hydrogens is 669 g/mol. The van der Waals surface area contributed by atoms with Gasteiger partial charge in [-0.15, -0.1) is 0 Å². The Bertz CT molecular complexity index is 1420.